The van der Waals surface area contributed by atoms with E-state index in [0.29, 0.717) is 10.8 Å². The fourth-order valence-electron chi connectivity index (χ4n) is 2.02. The van der Waals surface area contributed by atoms with E-state index in [2.05, 4.69) is 15.0 Å². The number of esters is 1. The number of ether oxygens (including phenoxy) is 1. The molecule has 2 aromatic rings. The van der Waals surface area contributed by atoms with Gasteiger partial charge >= 0.3 is 5.97 Å². The second-order valence-electron chi connectivity index (χ2n) is 4.75. The van der Waals surface area contributed by atoms with Crippen LogP contribution >= 0.6 is 0 Å². The number of benzene rings is 1. The third-order valence-electron chi connectivity index (χ3n) is 3.08. The summed E-state index contributed by atoms with van der Waals surface area (Å²) in [5.41, 5.74) is -0.158. The summed E-state index contributed by atoms with van der Waals surface area (Å²) < 4.78 is 4.54. The van der Waals surface area contributed by atoms with Crippen LogP contribution in [0.4, 0.5) is 0 Å². The molecular formula is C15H16N2O4. The molecule has 0 aliphatic rings. The predicted molar refractivity (Wildman–Crippen MR) is 78.1 cm³/mol. The number of nitrogens with one attached hydrogen (secondary N) is 2. The first kappa shape index (κ1) is 14.8. The minimum absolute atomic E-state index is 0.0695. The Morgan fingerprint density at radius 1 is 1.33 bits per heavy atom. The lowest BCUT2D eigenvalue weighted by atomic mass is 10.1. The zero-order valence-corrected chi connectivity index (χ0v) is 11.8. The van der Waals surface area contributed by atoms with Crippen LogP contribution in [0, 0.1) is 0 Å². The van der Waals surface area contributed by atoms with Crippen LogP contribution in [0.2, 0.25) is 0 Å². The molecule has 0 radical (unpaired) electrons. The molecule has 0 saturated carbocycles. The summed E-state index contributed by atoms with van der Waals surface area (Å²) >= 11 is 0. The number of amides is 1. The predicted octanol–water partition coefficient (Wildman–Crippen LogP) is 1.21. The smallest absolute Gasteiger partial charge is 0.307 e. The molecule has 1 heterocycles. The molecule has 1 unspecified atom stereocenters. The Hall–Kier alpha value is -2.63. The molecule has 0 saturated heterocycles. The van der Waals surface area contributed by atoms with E-state index in [4.69, 9.17) is 0 Å². The number of fused-ring (bicyclic) bond motifs is 1. The van der Waals surface area contributed by atoms with Crippen molar-refractivity contribution in [1.82, 2.24) is 10.3 Å². The molecule has 2 N–H and O–H groups in total. The number of rotatable bonds is 4. The molecule has 0 aliphatic carbocycles. The summed E-state index contributed by atoms with van der Waals surface area (Å²) in [6.07, 6.45) is 0.0695. The van der Waals surface area contributed by atoms with Gasteiger partial charge in [0.2, 0.25) is 0 Å². The summed E-state index contributed by atoms with van der Waals surface area (Å²) in [7, 11) is 1.29. The summed E-state index contributed by atoms with van der Waals surface area (Å²) in [5.74, 6) is -0.843. The maximum atomic E-state index is 12.1. The Morgan fingerprint density at radius 2 is 2.05 bits per heavy atom. The summed E-state index contributed by atoms with van der Waals surface area (Å²) in [6.45, 7) is 1.69. The lowest BCUT2D eigenvalue weighted by molar-refractivity contribution is -0.141. The molecule has 21 heavy (non-hydrogen) atoms. The third-order valence-corrected chi connectivity index (χ3v) is 3.08. The molecule has 0 bridgehead atoms. The summed E-state index contributed by atoms with van der Waals surface area (Å²) in [5, 5.41) is 3.86. The van der Waals surface area contributed by atoms with E-state index >= 15 is 0 Å². The van der Waals surface area contributed by atoms with Crippen molar-refractivity contribution in [2.45, 2.75) is 19.4 Å². The van der Waals surface area contributed by atoms with Crippen LogP contribution in [-0.2, 0) is 9.53 Å². The average molecular weight is 288 g/mol. The zero-order valence-electron chi connectivity index (χ0n) is 11.8. The highest BCUT2D eigenvalue weighted by atomic mass is 16.5. The normalized spacial score (nSPS) is 11.9. The monoisotopic (exact) mass is 288 g/mol. The molecule has 1 atom stereocenters. The average Bonchev–Trinajstić information content (AvgIpc) is 2.46. The van der Waals surface area contributed by atoms with Crippen LogP contribution in [0.5, 0.6) is 0 Å². The summed E-state index contributed by atoms with van der Waals surface area (Å²) in [4.78, 5) is 37.7. The van der Waals surface area contributed by atoms with Gasteiger partial charge in [-0.05, 0) is 24.4 Å². The number of aromatic nitrogens is 1. The van der Waals surface area contributed by atoms with Gasteiger partial charge < -0.3 is 15.0 Å². The molecule has 0 aliphatic heterocycles. The van der Waals surface area contributed by atoms with Crippen molar-refractivity contribution in [3.05, 3.63) is 46.4 Å². The molecule has 1 amide bonds. The molecule has 6 heteroatoms. The van der Waals surface area contributed by atoms with E-state index in [1.165, 1.54) is 7.11 Å². The number of hydrogen-bond donors (Lipinski definition) is 2. The molecule has 0 fully saturated rings. The van der Waals surface area contributed by atoms with Crippen molar-refractivity contribution in [3.8, 4) is 0 Å². The maximum absolute atomic E-state index is 12.1. The number of carbonyl (C=O) groups is 2. The van der Waals surface area contributed by atoms with Gasteiger partial charge in [0.05, 0.1) is 13.5 Å². The van der Waals surface area contributed by atoms with Crippen LogP contribution in [-0.4, -0.2) is 30.0 Å². The Balaban J connectivity index is 2.20. The standard InChI is InChI=1S/C15H16N2O4/c1-9(7-13(18)21-2)16-15(20)12-8-10-5-3-4-6-11(10)14(19)17-12/h3-6,8-9H,7H2,1-2H3,(H,16,20)(H,17,19). The quantitative estimate of drug-likeness (QED) is 0.828. The van der Waals surface area contributed by atoms with Crippen LogP contribution in [0.1, 0.15) is 23.8 Å². The number of hydrogen-bond acceptors (Lipinski definition) is 4. The van der Waals surface area contributed by atoms with Gasteiger partial charge in [0.1, 0.15) is 5.69 Å². The van der Waals surface area contributed by atoms with Crippen molar-refractivity contribution in [1.29, 1.82) is 0 Å². The van der Waals surface area contributed by atoms with Crippen molar-refractivity contribution < 1.29 is 14.3 Å². The van der Waals surface area contributed by atoms with E-state index in [1.807, 2.05) is 0 Å². The summed E-state index contributed by atoms with van der Waals surface area (Å²) in [6, 6.07) is 8.23. The van der Waals surface area contributed by atoms with Crippen molar-refractivity contribution >= 4 is 22.6 Å². The van der Waals surface area contributed by atoms with Crippen LogP contribution < -0.4 is 10.9 Å². The van der Waals surface area contributed by atoms with E-state index in [9.17, 15) is 14.4 Å². The Labute approximate surface area is 121 Å². The van der Waals surface area contributed by atoms with E-state index in [1.54, 1.807) is 37.3 Å². The Kier molecular flexibility index (Phi) is 4.37. The van der Waals surface area contributed by atoms with Gasteiger partial charge in [-0.2, -0.15) is 0 Å². The number of methoxy groups -OCH3 is 1. The second kappa shape index (κ2) is 6.21. The highest BCUT2D eigenvalue weighted by Gasteiger charge is 2.15. The first-order valence-electron chi connectivity index (χ1n) is 6.51. The number of aromatic amines is 1. The number of H-pyrrole nitrogens is 1. The lowest BCUT2D eigenvalue weighted by Crippen LogP contribution is -2.35. The topological polar surface area (TPSA) is 88.3 Å². The second-order valence-corrected chi connectivity index (χ2v) is 4.75. The van der Waals surface area contributed by atoms with Crippen molar-refractivity contribution in [3.63, 3.8) is 0 Å². The number of pyridine rings is 1. The first-order chi connectivity index (χ1) is 10.0. The van der Waals surface area contributed by atoms with Gasteiger partial charge in [-0.1, -0.05) is 18.2 Å². The maximum Gasteiger partial charge on any atom is 0.307 e. The molecule has 1 aromatic carbocycles. The fourth-order valence-corrected chi connectivity index (χ4v) is 2.02. The van der Waals surface area contributed by atoms with Crippen LogP contribution in [0.3, 0.4) is 0 Å². The Morgan fingerprint density at radius 3 is 2.76 bits per heavy atom. The molecular weight excluding hydrogens is 272 g/mol. The van der Waals surface area contributed by atoms with Crippen LogP contribution in [0.25, 0.3) is 10.8 Å². The minimum atomic E-state index is -0.436. The lowest BCUT2D eigenvalue weighted by Gasteiger charge is -2.12. The zero-order chi connectivity index (χ0) is 15.4. The Bertz CT molecular complexity index is 736. The van der Waals surface area contributed by atoms with Gasteiger partial charge in [0, 0.05) is 11.4 Å². The van der Waals surface area contributed by atoms with E-state index < -0.39 is 11.9 Å². The minimum Gasteiger partial charge on any atom is -0.469 e. The highest BCUT2D eigenvalue weighted by Crippen LogP contribution is 2.10. The number of carbonyl (C=O) groups excluding carboxylic acids is 2. The fraction of sp³-hybridized carbons (Fsp3) is 0.267. The van der Waals surface area contributed by atoms with Gasteiger partial charge in [0.25, 0.3) is 11.5 Å². The first-order valence-corrected chi connectivity index (χ1v) is 6.51. The third kappa shape index (κ3) is 3.47. The largest absolute Gasteiger partial charge is 0.469 e. The molecule has 1 aromatic heterocycles. The van der Waals surface area contributed by atoms with Crippen molar-refractivity contribution in [2.24, 2.45) is 0 Å². The highest BCUT2D eigenvalue weighted by molar-refractivity contribution is 5.96. The van der Waals surface area contributed by atoms with Gasteiger partial charge in [-0.25, -0.2) is 0 Å². The molecule has 2 rings (SSSR count). The van der Waals surface area contributed by atoms with Crippen LogP contribution in [0.15, 0.2) is 35.1 Å². The van der Waals surface area contributed by atoms with E-state index in [0.717, 1.165) is 0 Å². The van der Waals surface area contributed by atoms with Gasteiger partial charge in [0.15, 0.2) is 0 Å². The van der Waals surface area contributed by atoms with Crippen molar-refractivity contribution in [2.75, 3.05) is 7.11 Å². The molecule has 6 nitrogen and oxygen atoms in total. The van der Waals surface area contributed by atoms with E-state index in [-0.39, 0.29) is 23.7 Å². The van der Waals surface area contributed by atoms with Gasteiger partial charge in [-0.3, -0.25) is 14.4 Å². The SMILES string of the molecule is COC(=O)CC(C)NC(=O)c1cc2ccccc2c(=O)[nH]1. The molecule has 0 spiro atoms. The molecule has 110 valence electrons. The van der Waals surface area contributed by atoms with Gasteiger partial charge in [-0.15, -0.1) is 0 Å².